The SMILES string of the molecule is CN1C(=O)CCCN(C(=O)c2ccc[nH]2)CCCNC(=O)c2nn(C)c3c2CC1CC3. The molecule has 0 radical (unpaired) electrons. The van der Waals surface area contributed by atoms with E-state index in [1.165, 1.54) is 0 Å². The van der Waals surface area contributed by atoms with Gasteiger partial charge in [0.05, 0.1) is 0 Å². The molecule has 1 unspecified atom stereocenters. The lowest BCUT2D eigenvalue weighted by atomic mass is 9.90. The van der Waals surface area contributed by atoms with E-state index >= 15 is 0 Å². The van der Waals surface area contributed by atoms with Crippen molar-refractivity contribution in [3.05, 3.63) is 41.0 Å². The molecule has 1 aliphatic carbocycles. The Morgan fingerprint density at radius 3 is 2.74 bits per heavy atom. The number of aromatic nitrogens is 3. The summed E-state index contributed by atoms with van der Waals surface area (Å²) < 4.78 is 1.79. The molecule has 0 spiro atoms. The van der Waals surface area contributed by atoms with E-state index in [0.717, 1.165) is 24.1 Å². The lowest BCUT2D eigenvalue weighted by molar-refractivity contribution is -0.132. The fraction of sp³-hybridized carbons (Fsp3) is 0.545. The van der Waals surface area contributed by atoms with Crippen molar-refractivity contribution in [3.63, 3.8) is 0 Å². The zero-order chi connectivity index (χ0) is 22.0. The Kier molecular flexibility index (Phi) is 6.11. The van der Waals surface area contributed by atoms with Crippen molar-refractivity contribution < 1.29 is 14.4 Å². The molecule has 1 atom stereocenters. The molecular formula is C22H30N6O3. The van der Waals surface area contributed by atoms with Crippen LogP contribution >= 0.6 is 0 Å². The molecule has 4 rings (SSSR count). The molecule has 166 valence electrons. The number of amides is 3. The summed E-state index contributed by atoms with van der Waals surface area (Å²) in [4.78, 5) is 45.0. The summed E-state index contributed by atoms with van der Waals surface area (Å²) in [7, 11) is 3.71. The molecule has 2 N–H and O–H groups in total. The van der Waals surface area contributed by atoms with Crippen LogP contribution in [0.4, 0.5) is 0 Å². The fourth-order valence-corrected chi connectivity index (χ4v) is 4.59. The Labute approximate surface area is 181 Å². The second kappa shape index (κ2) is 8.95. The maximum Gasteiger partial charge on any atom is 0.272 e. The van der Waals surface area contributed by atoms with E-state index in [2.05, 4.69) is 15.4 Å². The van der Waals surface area contributed by atoms with Crippen LogP contribution in [-0.2, 0) is 24.7 Å². The monoisotopic (exact) mass is 426 g/mol. The third-order valence-electron chi connectivity index (χ3n) is 6.41. The van der Waals surface area contributed by atoms with Crippen molar-refractivity contribution in [2.45, 2.75) is 44.6 Å². The van der Waals surface area contributed by atoms with Gasteiger partial charge in [0.25, 0.3) is 11.8 Å². The standard InChI is InChI=1S/C22H30N6O3/c1-26-15-8-9-18-16(14-15)20(25-27(18)2)21(30)24-11-5-13-28(12-4-7-19(26)29)22(31)17-6-3-10-23-17/h3,6,10,15,23H,4-5,7-9,11-14H2,1-2H3,(H,24,30). The largest absolute Gasteiger partial charge is 0.357 e. The molecule has 0 saturated heterocycles. The lowest BCUT2D eigenvalue weighted by Crippen LogP contribution is -2.41. The van der Waals surface area contributed by atoms with E-state index in [4.69, 9.17) is 0 Å². The third kappa shape index (κ3) is 4.35. The number of hydrogen-bond acceptors (Lipinski definition) is 4. The minimum atomic E-state index is -0.191. The molecule has 31 heavy (non-hydrogen) atoms. The first-order valence-corrected chi connectivity index (χ1v) is 11.0. The zero-order valence-electron chi connectivity index (χ0n) is 18.2. The maximum absolute atomic E-state index is 12.8. The highest BCUT2D eigenvalue weighted by atomic mass is 16.2. The smallest absolute Gasteiger partial charge is 0.272 e. The summed E-state index contributed by atoms with van der Waals surface area (Å²) in [5.74, 6) is -0.206. The molecule has 0 fully saturated rings. The minimum absolute atomic E-state index is 0.0533. The first kappa shape index (κ1) is 21.1. The van der Waals surface area contributed by atoms with Crippen molar-refractivity contribution in [1.82, 2.24) is 29.9 Å². The Morgan fingerprint density at radius 1 is 1.16 bits per heavy atom. The Bertz CT molecular complexity index is 964. The van der Waals surface area contributed by atoms with Crippen LogP contribution in [0.15, 0.2) is 18.3 Å². The molecule has 9 heteroatoms. The first-order chi connectivity index (χ1) is 15.0. The highest BCUT2D eigenvalue weighted by molar-refractivity contribution is 5.94. The number of rotatable bonds is 1. The van der Waals surface area contributed by atoms with Gasteiger partial charge in [-0.05, 0) is 44.2 Å². The number of carbonyl (C=O) groups excluding carboxylic acids is 3. The van der Waals surface area contributed by atoms with Crippen molar-refractivity contribution in [3.8, 4) is 0 Å². The molecule has 1 aliphatic heterocycles. The van der Waals surface area contributed by atoms with E-state index in [1.807, 2.05) is 19.0 Å². The van der Waals surface area contributed by atoms with Gasteiger partial charge in [0.15, 0.2) is 5.69 Å². The van der Waals surface area contributed by atoms with Gasteiger partial charge >= 0.3 is 0 Å². The van der Waals surface area contributed by atoms with Crippen molar-refractivity contribution in [1.29, 1.82) is 0 Å². The predicted octanol–water partition coefficient (Wildman–Crippen LogP) is 1.12. The fourth-order valence-electron chi connectivity index (χ4n) is 4.59. The van der Waals surface area contributed by atoms with E-state index in [9.17, 15) is 14.4 Å². The molecule has 2 aromatic rings. The quantitative estimate of drug-likeness (QED) is 0.713. The van der Waals surface area contributed by atoms with Crippen LogP contribution in [0.5, 0.6) is 0 Å². The Morgan fingerprint density at radius 2 is 1.97 bits per heavy atom. The summed E-state index contributed by atoms with van der Waals surface area (Å²) in [5, 5.41) is 7.43. The van der Waals surface area contributed by atoms with Crippen molar-refractivity contribution >= 4 is 17.7 Å². The number of carbonyl (C=O) groups is 3. The number of aromatic amines is 1. The van der Waals surface area contributed by atoms with Crippen LogP contribution in [0.25, 0.3) is 0 Å². The number of hydrogen-bond donors (Lipinski definition) is 2. The molecule has 0 aromatic carbocycles. The molecule has 0 saturated carbocycles. The predicted molar refractivity (Wildman–Crippen MR) is 115 cm³/mol. The second-order valence-corrected chi connectivity index (χ2v) is 8.39. The number of H-pyrrole nitrogens is 1. The van der Waals surface area contributed by atoms with Gasteiger partial charge in [-0.15, -0.1) is 0 Å². The third-order valence-corrected chi connectivity index (χ3v) is 6.41. The van der Waals surface area contributed by atoms with Gasteiger partial charge in [0.2, 0.25) is 5.91 Å². The van der Waals surface area contributed by atoms with Crippen LogP contribution < -0.4 is 5.32 Å². The van der Waals surface area contributed by atoms with Crippen LogP contribution in [0.2, 0.25) is 0 Å². The average Bonchev–Trinajstić information content (AvgIpc) is 3.42. The Hall–Kier alpha value is -3.10. The Balaban J connectivity index is 1.55. The maximum atomic E-state index is 12.8. The van der Waals surface area contributed by atoms with Crippen LogP contribution in [-0.4, -0.2) is 75.0 Å². The van der Waals surface area contributed by atoms with Crippen LogP contribution in [0.3, 0.4) is 0 Å². The summed E-state index contributed by atoms with van der Waals surface area (Å²) in [5.41, 5.74) is 3.02. The topological polar surface area (TPSA) is 103 Å². The van der Waals surface area contributed by atoms with Gasteiger partial charge < -0.3 is 20.1 Å². The van der Waals surface area contributed by atoms with Crippen LogP contribution in [0.1, 0.15) is 57.9 Å². The van der Waals surface area contributed by atoms with E-state index < -0.39 is 0 Å². The first-order valence-electron chi connectivity index (χ1n) is 11.0. The number of nitrogens with one attached hydrogen (secondary N) is 2. The minimum Gasteiger partial charge on any atom is -0.357 e. The zero-order valence-corrected chi connectivity index (χ0v) is 18.2. The number of aryl methyl sites for hydroxylation is 1. The van der Waals surface area contributed by atoms with Gasteiger partial charge in [-0.25, -0.2) is 0 Å². The van der Waals surface area contributed by atoms with Crippen molar-refractivity contribution in [2.24, 2.45) is 7.05 Å². The normalized spacial score (nSPS) is 20.8. The van der Waals surface area contributed by atoms with E-state index in [-0.39, 0.29) is 23.8 Å². The average molecular weight is 427 g/mol. The van der Waals surface area contributed by atoms with Gasteiger partial charge in [-0.2, -0.15) is 5.10 Å². The summed E-state index contributed by atoms with van der Waals surface area (Å²) in [6.45, 7) is 1.47. The molecule has 9 nitrogen and oxygen atoms in total. The van der Waals surface area contributed by atoms with Gasteiger partial charge in [0, 0.05) is 63.6 Å². The molecule has 3 heterocycles. The summed E-state index contributed by atoms with van der Waals surface area (Å²) in [6, 6.07) is 3.59. The van der Waals surface area contributed by atoms with E-state index in [0.29, 0.717) is 56.7 Å². The van der Waals surface area contributed by atoms with Gasteiger partial charge in [-0.3, -0.25) is 19.1 Å². The molecule has 2 bridgehead atoms. The summed E-state index contributed by atoms with van der Waals surface area (Å²) >= 11 is 0. The second-order valence-electron chi connectivity index (χ2n) is 8.39. The lowest BCUT2D eigenvalue weighted by Gasteiger charge is -2.32. The van der Waals surface area contributed by atoms with Gasteiger partial charge in [0.1, 0.15) is 5.69 Å². The van der Waals surface area contributed by atoms with E-state index in [1.54, 1.807) is 27.9 Å². The molecule has 2 aliphatic rings. The molecule has 3 amide bonds. The number of fused-ring (bicyclic) bond motifs is 1. The summed E-state index contributed by atoms with van der Waals surface area (Å²) in [6.07, 6.45) is 5.65. The number of likely N-dealkylation sites (N-methyl/N-ethyl adjacent to an activating group) is 1. The highest BCUT2D eigenvalue weighted by Crippen LogP contribution is 2.27. The molecule has 2 aromatic heterocycles. The number of nitrogens with zero attached hydrogens (tertiary/aromatic N) is 4. The molecular weight excluding hydrogens is 396 g/mol. The van der Waals surface area contributed by atoms with Gasteiger partial charge in [-0.1, -0.05) is 0 Å². The highest BCUT2D eigenvalue weighted by Gasteiger charge is 2.31. The van der Waals surface area contributed by atoms with Crippen LogP contribution in [0, 0.1) is 0 Å². The van der Waals surface area contributed by atoms with Crippen molar-refractivity contribution in [2.75, 3.05) is 26.7 Å².